The van der Waals surface area contributed by atoms with Gasteiger partial charge in [0.25, 0.3) is 5.92 Å². The van der Waals surface area contributed by atoms with Crippen LogP contribution >= 0.6 is 0 Å². The minimum atomic E-state index is -3.11. The molecule has 2 aromatic rings. The minimum Gasteiger partial charge on any atom is -0.326 e. The van der Waals surface area contributed by atoms with Crippen molar-refractivity contribution in [2.75, 3.05) is 18.4 Å². The third-order valence-corrected chi connectivity index (χ3v) is 5.51. The molecule has 0 bridgehead atoms. The predicted octanol–water partition coefficient (Wildman–Crippen LogP) is 2.14. The van der Waals surface area contributed by atoms with Crippen LogP contribution in [0.15, 0.2) is 29.5 Å². The summed E-state index contributed by atoms with van der Waals surface area (Å²) in [5.41, 5.74) is 7.29. The van der Waals surface area contributed by atoms with Crippen molar-refractivity contribution in [3.63, 3.8) is 0 Å². The number of anilines is 1. The number of hydrogen-bond donors (Lipinski definition) is 2. The maximum atomic E-state index is 14.7. The topological polar surface area (TPSA) is 105 Å². The molecular formula is C20H26F2N8O. The molecule has 2 aliphatic heterocycles. The molecule has 9 nitrogen and oxygen atoms in total. The van der Waals surface area contributed by atoms with E-state index in [1.165, 1.54) is 11.9 Å². The third kappa shape index (κ3) is 4.02. The second-order valence-corrected chi connectivity index (χ2v) is 8.33. The molecule has 2 aliphatic rings. The number of nitrogens with one attached hydrogen (secondary N) is 1. The van der Waals surface area contributed by atoms with E-state index in [-0.39, 0.29) is 17.9 Å². The van der Waals surface area contributed by atoms with Crippen molar-refractivity contribution >= 4 is 34.2 Å². The fourth-order valence-electron chi connectivity index (χ4n) is 3.94. The number of rotatable bonds is 4. The molecule has 31 heavy (non-hydrogen) atoms. The molecule has 166 valence electrons. The highest BCUT2D eigenvalue weighted by atomic mass is 19.3. The standard InChI is InChI=1S/C20H26F2N8O/c1-11-9-28(10-15(11)23)30-18(5-12(2)26-19(30)20(4,21)22)29-16-6-17(27-13(3)31)24-7-14(16)8-25-29/h5-8,11,15,19H,9-10,23H2,1-4H3,(H,24,27,31)/t11-,15-,19?/m0/s1. The van der Waals surface area contributed by atoms with Gasteiger partial charge in [0.1, 0.15) is 11.6 Å². The van der Waals surface area contributed by atoms with Crippen molar-refractivity contribution in [3.8, 4) is 0 Å². The number of allylic oxidation sites excluding steroid dienone is 1. The fraction of sp³-hybridized carbons (Fsp3) is 0.500. The summed E-state index contributed by atoms with van der Waals surface area (Å²) in [7, 11) is 0. The molecule has 0 spiro atoms. The van der Waals surface area contributed by atoms with Crippen molar-refractivity contribution in [1.29, 1.82) is 0 Å². The zero-order valence-electron chi connectivity index (χ0n) is 17.9. The van der Waals surface area contributed by atoms with Crippen molar-refractivity contribution in [1.82, 2.24) is 24.8 Å². The average molecular weight is 432 g/mol. The zero-order chi connectivity index (χ0) is 22.5. The molecule has 1 amide bonds. The Kier molecular flexibility index (Phi) is 5.26. The highest BCUT2D eigenvalue weighted by molar-refractivity contribution is 5.99. The average Bonchev–Trinajstić information content (AvgIpc) is 3.22. The SMILES string of the molecule is CC(=O)Nc1cc2c(cn1)cnn2C1=CC(C)=NC(C(C)(F)F)N1N1C[C@H](C)[C@@H](N)C1. The zero-order valence-corrected chi connectivity index (χ0v) is 17.9. The highest BCUT2D eigenvalue weighted by Crippen LogP contribution is 2.36. The Morgan fingerprint density at radius 1 is 1.32 bits per heavy atom. The lowest BCUT2D eigenvalue weighted by Gasteiger charge is -2.43. The summed E-state index contributed by atoms with van der Waals surface area (Å²) >= 11 is 0. The molecule has 3 N–H and O–H groups in total. The molecule has 0 saturated carbocycles. The van der Waals surface area contributed by atoms with Crippen molar-refractivity contribution in [2.45, 2.75) is 45.8 Å². The molecule has 2 aromatic heterocycles. The number of hydrogen-bond acceptors (Lipinski definition) is 7. The van der Waals surface area contributed by atoms with Gasteiger partial charge >= 0.3 is 0 Å². The minimum absolute atomic E-state index is 0.135. The molecule has 1 unspecified atom stereocenters. The van der Waals surface area contributed by atoms with Crippen LogP contribution in [0.2, 0.25) is 0 Å². The Balaban J connectivity index is 1.84. The summed E-state index contributed by atoms with van der Waals surface area (Å²) in [5.74, 6) is -2.43. The maximum absolute atomic E-state index is 14.7. The van der Waals surface area contributed by atoms with Gasteiger partial charge in [-0.1, -0.05) is 6.92 Å². The largest absolute Gasteiger partial charge is 0.326 e. The Labute approximate surface area is 178 Å². The lowest BCUT2D eigenvalue weighted by Crippen LogP contribution is -2.55. The van der Waals surface area contributed by atoms with Gasteiger partial charge in [-0.3, -0.25) is 14.8 Å². The molecule has 1 fully saturated rings. The van der Waals surface area contributed by atoms with Crippen LogP contribution in [0.4, 0.5) is 14.6 Å². The Morgan fingerprint density at radius 2 is 2.06 bits per heavy atom. The van der Waals surface area contributed by atoms with Crippen LogP contribution in [0.1, 0.15) is 27.7 Å². The monoisotopic (exact) mass is 432 g/mol. The molecule has 0 aromatic carbocycles. The number of pyridine rings is 1. The van der Waals surface area contributed by atoms with Gasteiger partial charge in [-0.2, -0.15) is 5.10 Å². The van der Waals surface area contributed by atoms with E-state index in [0.717, 1.165) is 6.92 Å². The van der Waals surface area contributed by atoms with Crippen LogP contribution in [-0.2, 0) is 4.79 Å². The molecule has 11 heteroatoms. The normalized spacial score (nSPS) is 25.0. The molecule has 4 heterocycles. The van der Waals surface area contributed by atoms with Crippen LogP contribution in [0.3, 0.4) is 0 Å². The summed E-state index contributed by atoms with van der Waals surface area (Å²) in [6.45, 7) is 6.89. The first-order valence-electron chi connectivity index (χ1n) is 10.1. The van der Waals surface area contributed by atoms with Crippen LogP contribution in [-0.4, -0.2) is 67.6 Å². The number of carbonyl (C=O) groups is 1. The second kappa shape index (κ2) is 7.65. The molecule has 1 saturated heterocycles. The summed E-state index contributed by atoms with van der Waals surface area (Å²) in [4.78, 5) is 19.9. The number of fused-ring (bicyclic) bond motifs is 1. The van der Waals surface area contributed by atoms with E-state index in [9.17, 15) is 13.6 Å². The number of aromatic nitrogens is 3. The lowest BCUT2D eigenvalue weighted by molar-refractivity contribution is -0.114. The summed E-state index contributed by atoms with van der Waals surface area (Å²) in [6, 6.07) is 1.53. The third-order valence-electron chi connectivity index (χ3n) is 5.51. The van der Waals surface area contributed by atoms with E-state index < -0.39 is 12.1 Å². The summed E-state index contributed by atoms with van der Waals surface area (Å²) in [6.07, 6.45) is 3.48. The summed E-state index contributed by atoms with van der Waals surface area (Å²) < 4.78 is 31.0. The number of alkyl halides is 2. The predicted molar refractivity (Wildman–Crippen MR) is 114 cm³/mol. The van der Waals surface area contributed by atoms with Gasteiger partial charge in [-0.15, -0.1) is 0 Å². The van der Waals surface area contributed by atoms with Gasteiger partial charge in [0.2, 0.25) is 5.91 Å². The highest BCUT2D eigenvalue weighted by Gasteiger charge is 2.46. The smallest absolute Gasteiger partial charge is 0.286 e. The Morgan fingerprint density at radius 3 is 2.68 bits per heavy atom. The number of carbonyl (C=O) groups excluding carboxylic acids is 1. The number of nitrogens with zero attached hydrogens (tertiary/aromatic N) is 6. The molecule has 3 atom stereocenters. The first-order chi connectivity index (χ1) is 14.5. The van der Waals surface area contributed by atoms with Gasteiger partial charge in [0, 0.05) is 62.4 Å². The van der Waals surface area contributed by atoms with Crippen LogP contribution in [0.5, 0.6) is 0 Å². The quantitative estimate of drug-likeness (QED) is 0.767. The number of aliphatic imine (C=N–C) groups is 1. The Hall–Kier alpha value is -2.92. The molecular weight excluding hydrogens is 406 g/mol. The van der Waals surface area contributed by atoms with Crippen LogP contribution in [0.25, 0.3) is 16.7 Å². The number of nitrogens with two attached hydrogens (primary N) is 1. The maximum Gasteiger partial charge on any atom is 0.286 e. The Bertz CT molecular complexity index is 1060. The fourth-order valence-corrected chi connectivity index (χ4v) is 3.94. The van der Waals surface area contributed by atoms with E-state index in [2.05, 4.69) is 20.4 Å². The van der Waals surface area contributed by atoms with Crippen molar-refractivity contribution in [2.24, 2.45) is 16.6 Å². The molecule has 0 radical (unpaired) electrons. The van der Waals surface area contributed by atoms with Gasteiger partial charge < -0.3 is 11.1 Å². The van der Waals surface area contributed by atoms with E-state index >= 15 is 0 Å². The van der Waals surface area contributed by atoms with Gasteiger partial charge in [0.15, 0.2) is 6.17 Å². The number of hydrazine groups is 1. The van der Waals surface area contributed by atoms with E-state index in [4.69, 9.17) is 5.73 Å². The number of amides is 1. The second-order valence-electron chi connectivity index (χ2n) is 8.33. The van der Waals surface area contributed by atoms with Gasteiger partial charge in [-0.05, 0) is 12.8 Å². The summed E-state index contributed by atoms with van der Waals surface area (Å²) in [5, 5.41) is 11.1. The first-order valence-corrected chi connectivity index (χ1v) is 10.1. The molecule has 4 rings (SSSR count). The van der Waals surface area contributed by atoms with E-state index in [1.54, 1.807) is 36.1 Å². The van der Waals surface area contributed by atoms with Crippen LogP contribution < -0.4 is 11.1 Å². The van der Waals surface area contributed by atoms with Crippen molar-refractivity contribution in [3.05, 3.63) is 24.5 Å². The lowest BCUT2D eigenvalue weighted by atomic mass is 10.1. The van der Waals surface area contributed by atoms with E-state index in [0.29, 0.717) is 41.3 Å². The first kappa shape index (κ1) is 21.3. The van der Waals surface area contributed by atoms with Crippen LogP contribution in [0, 0.1) is 5.92 Å². The van der Waals surface area contributed by atoms with Gasteiger partial charge in [0.05, 0.1) is 11.7 Å². The van der Waals surface area contributed by atoms with E-state index in [1.807, 2.05) is 11.9 Å². The van der Waals surface area contributed by atoms with Crippen molar-refractivity contribution < 1.29 is 13.6 Å². The number of halogens is 2. The van der Waals surface area contributed by atoms with Gasteiger partial charge in [-0.25, -0.2) is 23.5 Å². The molecule has 0 aliphatic carbocycles.